The molecule has 1 amide bonds. The Balaban J connectivity index is 1.16. The van der Waals surface area contributed by atoms with E-state index in [4.69, 9.17) is 9.73 Å². The van der Waals surface area contributed by atoms with E-state index in [1.807, 2.05) is 18.3 Å². The summed E-state index contributed by atoms with van der Waals surface area (Å²) in [5, 5.41) is 5.12. The van der Waals surface area contributed by atoms with Gasteiger partial charge < -0.3 is 15.0 Å². The highest BCUT2D eigenvalue weighted by Crippen LogP contribution is 2.36. The molecule has 4 aliphatic rings. The molecule has 4 aliphatic heterocycles. The third kappa shape index (κ3) is 4.25. The molecule has 1 aromatic rings. The largest absolute Gasteiger partial charge is 0.495 e. The number of nitrogens with zero attached hydrogens (tertiary/aromatic N) is 4. The zero-order valence-corrected chi connectivity index (χ0v) is 18.7. The zero-order valence-electron chi connectivity index (χ0n) is 18.7. The molecule has 2 unspecified atom stereocenters. The number of hydrazine groups is 1. The van der Waals surface area contributed by atoms with E-state index in [9.17, 15) is 4.79 Å². The van der Waals surface area contributed by atoms with E-state index in [0.29, 0.717) is 13.0 Å². The predicted octanol–water partition coefficient (Wildman–Crippen LogP) is 1.38. The van der Waals surface area contributed by atoms with Gasteiger partial charge in [-0.2, -0.15) is 0 Å². The summed E-state index contributed by atoms with van der Waals surface area (Å²) in [6.07, 6.45) is 7.72. The van der Waals surface area contributed by atoms with Crippen molar-refractivity contribution in [2.45, 2.75) is 19.0 Å². The lowest BCUT2D eigenvalue weighted by atomic mass is 9.81. The van der Waals surface area contributed by atoms with Crippen molar-refractivity contribution in [1.29, 1.82) is 0 Å². The van der Waals surface area contributed by atoms with E-state index in [0.717, 1.165) is 51.4 Å². The summed E-state index contributed by atoms with van der Waals surface area (Å²) in [7, 11) is 1.73. The average molecular weight is 437 g/mol. The minimum atomic E-state index is -0.00473. The highest BCUT2D eigenvalue weighted by Gasteiger charge is 2.37. The van der Waals surface area contributed by atoms with Crippen LogP contribution in [0.5, 0.6) is 5.75 Å². The quantitative estimate of drug-likeness (QED) is 0.657. The number of hydrogen-bond donors (Lipinski definition) is 2. The fourth-order valence-corrected chi connectivity index (χ4v) is 5.10. The van der Waals surface area contributed by atoms with Crippen LogP contribution in [0.2, 0.25) is 0 Å². The molecule has 0 bridgehead atoms. The number of amides is 1. The van der Waals surface area contributed by atoms with Crippen molar-refractivity contribution in [1.82, 2.24) is 20.7 Å². The molecular weight excluding hydrogens is 404 g/mol. The van der Waals surface area contributed by atoms with Gasteiger partial charge in [0.05, 0.1) is 12.8 Å². The highest BCUT2D eigenvalue weighted by molar-refractivity contribution is 5.80. The Kier molecular flexibility index (Phi) is 6.14. The third-order valence-corrected chi connectivity index (χ3v) is 6.81. The molecule has 2 atom stereocenters. The number of dihydropyridines is 1. The van der Waals surface area contributed by atoms with E-state index in [1.165, 1.54) is 16.8 Å². The molecule has 0 radical (unpaired) electrons. The van der Waals surface area contributed by atoms with Crippen LogP contribution in [0.3, 0.4) is 0 Å². The van der Waals surface area contributed by atoms with Gasteiger partial charge in [-0.05, 0) is 23.3 Å². The number of methoxy groups -OCH3 is 1. The second kappa shape index (κ2) is 9.34. The number of fused-ring (bicyclic) bond motifs is 3. The number of rotatable bonds is 6. The van der Waals surface area contributed by atoms with Gasteiger partial charge in [-0.3, -0.25) is 19.7 Å². The average Bonchev–Trinajstić information content (AvgIpc) is 2.84. The smallest absolute Gasteiger partial charge is 0.224 e. The zero-order chi connectivity index (χ0) is 21.9. The van der Waals surface area contributed by atoms with Crippen LogP contribution in [0, 0.1) is 5.92 Å². The number of para-hydroxylation sites is 2. The van der Waals surface area contributed by atoms with Crippen LogP contribution in [0.25, 0.3) is 0 Å². The molecule has 0 aromatic heterocycles. The SMILES string of the molecule is COc1ccccc1N1CCN(CCNN2C=C3CC(=O)NCC3C3=CCC=NC32)CC1. The number of piperazine rings is 1. The van der Waals surface area contributed by atoms with Crippen molar-refractivity contribution in [3.05, 3.63) is 47.7 Å². The maximum absolute atomic E-state index is 11.9. The number of carbonyl (C=O) groups excluding carboxylic acids is 1. The normalized spacial score (nSPS) is 25.5. The van der Waals surface area contributed by atoms with Crippen LogP contribution < -0.4 is 20.4 Å². The summed E-state index contributed by atoms with van der Waals surface area (Å²) in [5.41, 5.74) is 7.24. The van der Waals surface area contributed by atoms with Crippen LogP contribution in [-0.4, -0.2) is 81.1 Å². The number of piperidine rings is 1. The van der Waals surface area contributed by atoms with Gasteiger partial charge in [-0.1, -0.05) is 18.2 Å². The van der Waals surface area contributed by atoms with Gasteiger partial charge in [0, 0.05) is 77.0 Å². The second-order valence-electron chi connectivity index (χ2n) is 8.70. The number of carbonyl (C=O) groups is 1. The number of benzene rings is 1. The second-order valence-corrected chi connectivity index (χ2v) is 8.70. The van der Waals surface area contributed by atoms with Crippen molar-refractivity contribution < 1.29 is 9.53 Å². The number of allylic oxidation sites excluding steroid dienone is 1. The Labute approximate surface area is 189 Å². The Morgan fingerprint density at radius 1 is 1.22 bits per heavy atom. The molecule has 2 saturated heterocycles. The van der Waals surface area contributed by atoms with E-state index in [2.05, 4.69) is 50.0 Å². The summed E-state index contributed by atoms with van der Waals surface area (Å²) in [6.45, 7) is 6.53. The summed E-state index contributed by atoms with van der Waals surface area (Å²) in [6, 6.07) is 8.24. The van der Waals surface area contributed by atoms with E-state index < -0.39 is 0 Å². The van der Waals surface area contributed by atoms with Gasteiger partial charge in [0.1, 0.15) is 5.75 Å². The maximum atomic E-state index is 11.9. The van der Waals surface area contributed by atoms with Crippen molar-refractivity contribution >= 4 is 17.8 Å². The molecule has 170 valence electrons. The van der Waals surface area contributed by atoms with Crippen LogP contribution in [0.1, 0.15) is 12.8 Å². The number of nitrogens with one attached hydrogen (secondary N) is 2. The summed E-state index contributed by atoms with van der Waals surface area (Å²) < 4.78 is 5.53. The molecule has 32 heavy (non-hydrogen) atoms. The monoisotopic (exact) mass is 436 g/mol. The molecule has 8 nitrogen and oxygen atoms in total. The lowest BCUT2D eigenvalue weighted by molar-refractivity contribution is -0.121. The van der Waals surface area contributed by atoms with E-state index in [-0.39, 0.29) is 18.0 Å². The fraction of sp³-hybridized carbons (Fsp3) is 0.500. The van der Waals surface area contributed by atoms with Crippen molar-refractivity contribution in [2.24, 2.45) is 10.9 Å². The standard InChI is InChI=1S/C24H32N6O2/c1-32-22-7-3-2-6-21(22)29-13-11-28(12-14-29)10-9-27-30-17-18-15-23(31)26-16-20(18)19-5-4-8-25-24(19)30/h2-3,5-8,17,20,24,27H,4,9-16H2,1H3,(H,26,31). The molecule has 0 aliphatic carbocycles. The van der Waals surface area contributed by atoms with Gasteiger partial charge in [-0.15, -0.1) is 0 Å². The van der Waals surface area contributed by atoms with Gasteiger partial charge in [-0.25, -0.2) is 5.43 Å². The Morgan fingerprint density at radius 3 is 2.91 bits per heavy atom. The lowest BCUT2D eigenvalue weighted by Crippen LogP contribution is -2.53. The molecule has 2 N–H and O–H groups in total. The number of anilines is 1. The third-order valence-electron chi connectivity index (χ3n) is 6.81. The molecule has 0 saturated carbocycles. The molecular formula is C24H32N6O2. The maximum Gasteiger partial charge on any atom is 0.224 e. The van der Waals surface area contributed by atoms with Gasteiger partial charge >= 0.3 is 0 Å². The van der Waals surface area contributed by atoms with Crippen LogP contribution >= 0.6 is 0 Å². The molecule has 8 heteroatoms. The van der Waals surface area contributed by atoms with Gasteiger partial charge in [0.2, 0.25) is 5.91 Å². The first-order valence-electron chi connectivity index (χ1n) is 11.5. The van der Waals surface area contributed by atoms with Crippen molar-refractivity contribution in [3.63, 3.8) is 0 Å². The number of ether oxygens (including phenoxy) is 1. The molecule has 4 heterocycles. The number of aliphatic imine (C=N–C) groups is 1. The topological polar surface area (TPSA) is 72.4 Å². The Morgan fingerprint density at radius 2 is 2.06 bits per heavy atom. The first-order valence-corrected chi connectivity index (χ1v) is 11.5. The first-order chi connectivity index (χ1) is 15.7. The highest BCUT2D eigenvalue weighted by atomic mass is 16.5. The summed E-state index contributed by atoms with van der Waals surface area (Å²) in [4.78, 5) is 21.6. The van der Waals surface area contributed by atoms with Crippen LogP contribution in [0.4, 0.5) is 5.69 Å². The van der Waals surface area contributed by atoms with Gasteiger partial charge in [0.15, 0.2) is 6.17 Å². The summed E-state index contributed by atoms with van der Waals surface area (Å²) >= 11 is 0. The molecule has 1 aromatic carbocycles. The van der Waals surface area contributed by atoms with Crippen molar-refractivity contribution in [3.8, 4) is 5.75 Å². The lowest BCUT2D eigenvalue weighted by Gasteiger charge is -2.42. The summed E-state index contributed by atoms with van der Waals surface area (Å²) in [5.74, 6) is 1.34. The molecule has 0 spiro atoms. The fourth-order valence-electron chi connectivity index (χ4n) is 5.10. The van der Waals surface area contributed by atoms with E-state index >= 15 is 0 Å². The minimum absolute atomic E-state index is 0.00473. The van der Waals surface area contributed by atoms with E-state index in [1.54, 1.807) is 7.11 Å². The van der Waals surface area contributed by atoms with Gasteiger partial charge in [0.25, 0.3) is 0 Å². The predicted molar refractivity (Wildman–Crippen MR) is 126 cm³/mol. The van der Waals surface area contributed by atoms with Crippen LogP contribution in [0.15, 0.2) is 52.7 Å². The Hall–Kier alpha value is -2.84. The molecule has 5 rings (SSSR count). The Bertz CT molecular complexity index is 934. The molecule has 2 fully saturated rings. The van der Waals surface area contributed by atoms with Crippen LogP contribution in [-0.2, 0) is 4.79 Å². The van der Waals surface area contributed by atoms with Crippen molar-refractivity contribution in [2.75, 3.05) is 57.8 Å². The minimum Gasteiger partial charge on any atom is -0.495 e. The number of hydrogen-bond acceptors (Lipinski definition) is 7. The first kappa shape index (κ1) is 21.0.